The van der Waals surface area contributed by atoms with Crippen LogP contribution in [-0.2, 0) is 4.74 Å². The minimum atomic E-state index is -0.504. The monoisotopic (exact) mass is 433 g/mol. The minimum absolute atomic E-state index is 0.0315. The van der Waals surface area contributed by atoms with Gasteiger partial charge in [-0.1, -0.05) is 0 Å². The predicted octanol–water partition coefficient (Wildman–Crippen LogP) is 3.46. The lowest BCUT2D eigenvalue weighted by Gasteiger charge is -2.33. The summed E-state index contributed by atoms with van der Waals surface area (Å²) in [5.41, 5.74) is 6.83. The Bertz CT molecular complexity index is 879. The average molecular weight is 434 g/mol. The number of ether oxygens (including phenoxy) is 2. The fraction of sp³-hybridized carbons (Fsp3) is 0.500. The van der Waals surface area contributed by atoms with E-state index >= 15 is 0 Å². The third-order valence-electron chi connectivity index (χ3n) is 4.49. The van der Waals surface area contributed by atoms with Crippen molar-refractivity contribution < 1.29 is 19.1 Å². The van der Waals surface area contributed by atoms with Gasteiger partial charge in [0.25, 0.3) is 5.91 Å². The first-order valence-corrected chi connectivity index (χ1v) is 10.5. The number of hydrogen-bond donors (Lipinski definition) is 2. The van der Waals surface area contributed by atoms with Crippen LogP contribution in [0.15, 0.2) is 18.3 Å². The van der Waals surface area contributed by atoms with Gasteiger partial charge >= 0.3 is 6.09 Å². The third-order valence-corrected chi connectivity index (χ3v) is 5.26. The fourth-order valence-electron chi connectivity index (χ4n) is 3.03. The van der Waals surface area contributed by atoms with Crippen LogP contribution in [0, 0.1) is 6.92 Å². The van der Waals surface area contributed by atoms with Crippen molar-refractivity contribution in [3.8, 4) is 5.88 Å². The van der Waals surface area contributed by atoms with Crippen LogP contribution in [0.4, 0.5) is 15.5 Å². The van der Waals surface area contributed by atoms with Crippen LogP contribution in [0.3, 0.4) is 0 Å². The molecule has 1 fully saturated rings. The van der Waals surface area contributed by atoms with Crippen LogP contribution in [0.25, 0.3) is 0 Å². The number of amides is 2. The maximum absolute atomic E-state index is 12.4. The van der Waals surface area contributed by atoms with Crippen molar-refractivity contribution in [1.29, 1.82) is 0 Å². The van der Waals surface area contributed by atoms with Crippen LogP contribution in [0.2, 0.25) is 0 Å². The van der Waals surface area contributed by atoms with E-state index in [1.165, 1.54) is 6.20 Å². The Morgan fingerprint density at radius 2 is 1.97 bits per heavy atom. The molecule has 0 saturated carbocycles. The van der Waals surface area contributed by atoms with E-state index < -0.39 is 5.60 Å². The molecule has 10 heteroatoms. The summed E-state index contributed by atoms with van der Waals surface area (Å²) in [7, 11) is 0. The Balaban J connectivity index is 1.50. The lowest BCUT2D eigenvalue weighted by atomic mass is 10.1. The first-order valence-electron chi connectivity index (χ1n) is 9.76. The number of aryl methyl sites for hydroxylation is 1. The highest BCUT2D eigenvalue weighted by Crippen LogP contribution is 2.23. The molecule has 0 aromatic carbocycles. The molecule has 2 aromatic rings. The van der Waals surface area contributed by atoms with Crippen molar-refractivity contribution in [1.82, 2.24) is 14.3 Å². The van der Waals surface area contributed by atoms with Crippen LogP contribution in [0.1, 0.15) is 49.7 Å². The summed E-state index contributed by atoms with van der Waals surface area (Å²) in [6.45, 7) is 8.45. The molecule has 1 aliphatic heterocycles. The highest BCUT2D eigenvalue weighted by Gasteiger charge is 2.27. The maximum atomic E-state index is 12.4. The number of likely N-dealkylation sites (tertiary alicyclic amines) is 1. The molecule has 0 radical (unpaired) electrons. The van der Waals surface area contributed by atoms with E-state index in [4.69, 9.17) is 15.2 Å². The molecule has 3 N–H and O–H groups in total. The number of nitrogens with zero attached hydrogens (tertiary/aromatic N) is 3. The quantitative estimate of drug-likeness (QED) is 0.757. The van der Waals surface area contributed by atoms with Gasteiger partial charge in [-0.05, 0) is 45.3 Å². The number of carbonyl (C=O) groups excluding carboxylic acids is 2. The summed E-state index contributed by atoms with van der Waals surface area (Å²) < 4.78 is 15.4. The molecule has 2 amide bonds. The highest BCUT2D eigenvalue weighted by molar-refractivity contribution is 7.10. The molecule has 9 nitrogen and oxygen atoms in total. The number of hydrogen-bond acceptors (Lipinski definition) is 8. The summed E-state index contributed by atoms with van der Waals surface area (Å²) in [5.74, 6) is 0.153. The van der Waals surface area contributed by atoms with Crippen molar-refractivity contribution in [3.05, 3.63) is 29.6 Å². The van der Waals surface area contributed by atoms with Crippen molar-refractivity contribution >= 4 is 34.2 Å². The van der Waals surface area contributed by atoms with E-state index in [9.17, 15) is 9.59 Å². The predicted molar refractivity (Wildman–Crippen MR) is 115 cm³/mol. The number of carbonyl (C=O) groups is 2. The molecule has 2 aromatic heterocycles. The number of nitrogen functional groups attached to an aromatic ring is 1. The van der Waals surface area contributed by atoms with E-state index in [0.29, 0.717) is 53.8 Å². The molecule has 0 bridgehead atoms. The SMILES string of the molecule is Cc1nsc(N)c1C(=O)Nc1ccc(OC2CCN(C(=O)OC(C)(C)C)CC2)nc1. The number of piperidine rings is 1. The fourth-order valence-corrected chi connectivity index (χ4v) is 3.69. The largest absolute Gasteiger partial charge is 0.474 e. The van der Waals surface area contributed by atoms with Gasteiger partial charge in [0, 0.05) is 32.0 Å². The van der Waals surface area contributed by atoms with Gasteiger partial charge in [-0.3, -0.25) is 4.79 Å². The number of anilines is 2. The summed E-state index contributed by atoms with van der Waals surface area (Å²) in [6.07, 6.45) is 2.60. The van der Waals surface area contributed by atoms with E-state index in [-0.39, 0.29) is 18.1 Å². The third kappa shape index (κ3) is 5.59. The number of aromatic nitrogens is 2. The molecule has 0 spiro atoms. The minimum Gasteiger partial charge on any atom is -0.474 e. The number of nitrogens with two attached hydrogens (primary N) is 1. The van der Waals surface area contributed by atoms with Crippen molar-refractivity contribution in [2.75, 3.05) is 24.1 Å². The molecule has 3 rings (SSSR count). The molecule has 162 valence electrons. The number of pyridine rings is 1. The van der Waals surface area contributed by atoms with Crippen LogP contribution in [0.5, 0.6) is 5.88 Å². The lowest BCUT2D eigenvalue weighted by Crippen LogP contribution is -2.44. The van der Waals surface area contributed by atoms with Gasteiger partial charge in [0.1, 0.15) is 16.7 Å². The molecular formula is C20H27N5O4S. The number of rotatable bonds is 4. The first kappa shape index (κ1) is 21.8. The average Bonchev–Trinajstić information content (AvgIpc) is 3.01. The molecule has 30 heavy (non-hydrogen) atoms. The zero-order valence-corrected chi connectivity index (χ0v) is 18.4. The standard InChI is InChI=1S/C20H27N5O4S/c1-12-16(17(21)30-24-12)18(26)23-13-5-6-15(22-11-13)28-14-7-9-25(10-8-14)19(27)29-20(2,3)4/h5-6,11,14H,7-10,21H2,1-4H3,(H,23,26). The molecule has 1 saturated heterocycles. The molecule has 0 aliphatic carbocycles. The second-order valence-electron chi connectivity index (χ2n) is 8.13. The normalized spacial score (nSPS) is 15.0. The topological polar surface area (TPSA) is 120 Å². The molecule has 0 atom stereocenters. The van der Waals surface area contributed by atoms with E-state index in [2.05, 4.69) is 14.7 Å². The zero-order chi connectivity index (χ0) is 21.9. The smallest absolute Gasteiger partial charge is 0.410 e. The van der Waals surface area contributed by atoms with Crippen molar-refractivity contribution in [3.63, 3.8) is 0 Å². The van der Waals surface area contributed by atoms with Gasteiger partial charge in [0.05, 0.1) is 23.1 Å². The molecule has 1 aliphatic rings. The summed E-state index contributed by atoms with van der Waals surface area (Å²) in [6, 6.07) is 3.43. The second-order valence-corrected chi connectivity index (χ2v) is 8.94. The first-order chi connectivity index (χ1) is 14.1. The van der Waals surface area contributed by atoms with Gasteiger partial charge in [0.2, 0.25) is 5.88 Å². The van der Waals surface area contributed by atoms with E-state index in [1.807, 2.05) is 20.8 Å². The van der Waals surface area contributed by atoms with Gasteiger partial charge < -0.3 is 25.4 Å². The van der Waals surface area contributed by atoms with E-state index in [0.717, 1.165) is 11.5 Å². The molecule has 0 unspecified atom stereocenters. The van der Waals surface area contributed by atoms with Gasteiger partial charge in [-0.15, -0.1) is 0 Å². The Kier molecular flexibility index (Phi) is 6.45. The van der Waals surface area contributed by atoms with E-state index in [1.54, 1.807) is 24.0 Å². The van der Waals surface area contributed by atoms with Gasteiger partial charge in [-0.2, -0.15) is 4.37 Å². The van der Waals surface area contributed by atoms with Gasteiger partial charge in [-0.25, -0.2) is 9.78 Å². The van der Waals surface area contributed by atoms with Crippen LogP contribution in [-0.4, -0.2) is 51.1 Å². The summed E-state index contributed by atoms with van der Waals surface area (Å²) in [5, 5.41) is 3.15. The summed E-state index contributed by atoms with van der Waals surface area (Å²) in [4.78, 5) is 30.5. The summed E-state index contributed by atoms with van der Waals surface area (Å²) >= 11 is 1.10. The zero-order valence-electron chi connectivity index (χ0n) is 17.6. The number of nitrogens with one attached hydrogen (secondary N) is 1. The maximum Gasteiger partial charge on any atom is 0.410 e. The highest BCUT2D eigenvalue weighted by atomic mass is 32.1. The van der Waals surface area contributed by atoms with Crippen LogP contribution < -0.4 is 15.8 Å². The molecular weight excluding hydrogens is 406 g/mol. The van der Waals surface area contributed by atoms with Crippen LogP contribution >= 0.6 is 11.5 Å². The Hall–Kier alpha value is -2.88. The van der Waals surface area contributed by atoms with Crippen molar-refractivity contribution in [2.24, 2.45) is 0 Å². The Labute approximate surface area is 179 Å². The Morgan fingerprint density at radius 1 is 1.27 bits per heavy atom. The second kappa shape index (κ2) is 8.86. The Morgan fingerprint density at radius 3 is 2.50 bits per heavy atom. The van der Waals surface area contributed by atoms with Gasteiger partial charge in [0.15, 0.2) is 0 Å². The molecule has 3 heterocycles. The lowest BCUT2D eigenvalue weighted by molar-refractivity contribution is 0.0123. The van der Waals surface area contributed by atoms with Crippen molar-refractivity contribution in [2.45, 2.75) is 52.2 Å².